The molecule has 0 saturated carbocycles. The van der Waals surface area contributed by atoms with E-state index in [-0.39, 0.29) is 5.56 Å². The molecule has 0 aliphatic carbocycles. The van der Waals surface area contributed by atoms with E-state index in [0.29, 0.717) is 11.3 Å². The van der Waals surface area contributed by atoms with Crippen molar-refractivity contribution in [2.24, 2.45) is 0 Å². The molecule has 0 bridgehead atoms. The lowest BCUT2D eigenvalue weighted by Gasteiger charge is -2.18. The van der Waals surface area contributed by atoms with Crippen LogP contribution in [0.25, 0.3) is 0 Å². The standard InChI is InChI=1S/C10H12N2O2S.C8H6FN.C2H7NO2S/c1-8-4-5-9(7-11)10(6-8)12(2)15(3,13)14;1-6-2-3-7(5-10)8(9)4-6;1-3-6(2,4)5/h4-6H,1-3H3;2-4H,1H3;3H,1-2H3. The van der Waals surface area contributed by atoms with Crippen molar-refractivity contribution in [1.29, 1.82) is 10.5 Å². The van der Waals surface area contributed by atoms with E-state index in [2.05, 4.69) is 4.72 Å². The second-order valence-electron chi connectivity index (χ2n) is 6.43. The molecule has 2 aromatic rings. The maximum atomic E-state index is 12.6. The van der Waals surface area contributed by atoms with E-state index in [1.807, 2.05) is 13.0 Å². The smallest absolute Gasteiger partial charge is 0.232 e. The van der Waals surface area contributed by atoms with E-state index < -0.39 is 25.9 Å². The molecule has 0 heterocycles. The lowest BCUT2D eigenvalue weighted by molar-refractivity contribution is 0.594. The first-order valence-electron chi connectivity index (χ1n) is 8.65. The molecule has 0 aliphatic heterocycles. The van der Waals surface area contributed by atoms with E-state index >= 15 is 0 Å². The Bertz CT molecular complexity index is 1200. The summed E-state index contributed by atoms with van der Waals surface area (Å²) in [6.45, 7) is 3.63. The molecule has 11 heteroatoms. The van der Waals surface area contributed by atoms with Gasteiger partial charge in [0.15, 0.2) is 0 Å². The number of nitrogens with one attached hydrogen (secondary N) is 1. The van der Waals surface area contributed by atoms with Gasteiger partial charge in [0, 0.05) is 7.05 Å². The van der Waals surface area contributed by atoms with E-state index in [9.17, 15) is 21.2 Å². The number of nitriles is 2. The summed E-state index contributed by atoms with van der Waals surface area (Å²) in [4.78, 5) is 0. The molecule has 31 heavy (non-hydrogen) atoms. The van der Waals surface area contributed by atoms with Gasteiger partial charge in [0.1, 0.15) is 18.0 Å². The monoisotopic (exact) mass is 468 g/mol. The third-order valence-electron chi connectivity index (χ3n) is 3.73. The summed E-state index contributed by atoms with van der Waals surface area (Å²) in [6.07, 6.45) is 2.21. The molecule has 0 amide bonds. The molecule has 0 radical (unpaired) electrons. The van der Waals surface area contributed by atoms with Crippen LogP contribution < -0.4 is 9.03 Å². The lowest BCUT2D eigenvalue weighted by Crippen LogP contribution is -2.25. The van der Waals surface area contributed by atoms with E-state index in [0.717, 1.165) is 27.9 Å². The molecular weight excluding hydrogens is 443 g/mol. The summed E-state index contributed by atoms with van der Waals surface area (Å²) in [5.74, 6) is -0.442. The molecule has 0 saturated heterocycles. The molecule has 0 unspecified atom stereocenters. The van der Waals surface area contributed by atoms with Gasteiger partial charge >= 0.3 is 0 Å². The van der Waals surface area contributed by atoms with Crippen LogP contribution in [0, 0.1) is 42.3 Å². The van der Waals surface area contributed by atoms with Crippen LogP contribution in [0.3, 0.4) is 0 Å². The highest BCUT2D eigenvalue weighted by molar-refractivity contribution is 7.92. The molecule has 0 fully saturated rings. The van der Waals surface area contributed by atoms with Crippen LogP contribution in [0.4, 0.5) is 10.1 Å². The first-order chi connectivity index (χ1) is 14.2. The Morgan fingerprint density at radius 1 is 0.903 bits per heavy atom. The number of benzene rings is 2. The van der Waals surface area contributed by atoms with Crippen LogP contribution in [0.1, 0.15) is 22.3 Å². The summed E-state index contributed by atoms with van der Waals surface area (Å²) in [5.41, 5.74) is 2.62. The van der Waals surface area contributed by atoms with Gasteiger partial charge in [-0.15, -0.1) is 0 Å². The predicted octanol–water partition coefficient (Wildman–Crippen LogP) is 2.43. The normalized spacial score (nSPS) is 10.4. The molecule has 0 aliphatic rings. The molecule has 8 nitrogen and oxygen atoms in total. The number of hydrogen-bond acceptors (Lipinski definition) is 6. The minimum atomic E-state index is -3.32. The average Bonchev–Trinajstić information content (AvgIpc) is 2.67. The van der Waals surface area contributed by atoms with Gasteiger partial charge < -0.3 is 0 Å². The Morgan fingerprint density at radius 3 is 1.68 bits per heavy atom. The van der Waals surface area contributed by atoms with Gasteiger partial charge in [0.2, 0.25) is 20.0 Å². The highest BCUT2D eigenvalue weighted by atomic mass is 32.2. The van der Waals surface area contributed by atoms with Crippen molar-refractivity contribution < 1.29 is 21.2 Å². The first-order valence-corrected chi connectivity index (χ1v) is 12.4. The van der Waals surface area contributed by atoms with Crippen molar-refractivity contribution in [3.8, 4) is 12.1 Å². The molecule has 0 aromatic heterocycles. The number of hydrogen-bond donors (Lipinski definition) is 1. The molecule has 0 atom stereocenters. The van der Waals surface area contributed by atoms with Gasteiger partial charge in [-0.1, -0.05) is 12.1 Å². The zero-order valence-electron chi connectivity index (χ0n) is 18.1. The molecule has 1 N–H and O–H groups in total. The summed E-state index contributed by atoms with van der Waals surface area (Å²) < 4.78 is 58.2. The first kappa shape index (κ1) is 28.0. The topological polar surface area (TPSA) is 131 Å². The Balaban J connectivity index is 0.000000484. The van der Waals surface area contributed by atoms with Gasteiger partial charge in [0.05, 0.1) is 29.3 Å². The van der Waals surface area contributed by atoms with Crippen LogP contribution in [-0.2, 0) is 20.0 Å². The highest BCUT2D eigenvalue weighted by Crippen LogP contribution is 2.22. The second kappa shape index (κ2) is 12.0. The number of nitrogens with zero attached hydrogens (tertiary/aromatic N) is 3. The minimum Gasteiger partial charge on any atom is -0.272 e. The van der Waals surface area contributed by atoms with Gasteiger partial charge in [-0.2, -0.15) is 10.5 Å². The van der Waals surface area contributed by atoms with Crippen molar-refractivity contribution >= 4 is 25.7 Å². The van der Waals surface area contributed by atoms with Crippen LogP contribution >= 0.6 is 0 Å². The quantitative estimate of drug-likeness (QED) is 0.736. The van der Waals surface area contributed by atoms with E-state index in [1.54, 1.807) is 37.3 Å². The highest BCUT2D eigenvalue weighted by Gasteiger charge is 2.15. The van der Waals surface area contributed by atoms with Crippen LogP contribution in [0.2, 0.25) is 0 Å². The van der Waals surface area contributed by atoms with Crippen molar-refractivity contribution in [3.05, 3.63) is 64.5 Å². The fraction of sp³-hybridized carbons (Fsp3) is 0.300. The minimum absolute atomic E-state index is 0.102. The number of anilines is 1. The van der Waals surface area contributed by atoms with Crippen LogP contribution in [-0.4, -0.2) is 43.4 Å². The molecule has 168 valence electrons. The number of aryl methyl sites for hydroxylation is 2. The van der Waals surface area contributed by atoms with Crippen LogP contribution in [0.5, 0.6) is 0 Å². The molecular formula is C20H25FN4O4S2. The van der Waals surface area contributed by atoms with Gasteiger partial charge in [-0.25, -0.2) is 25.9 Å². The predicted molar refractivity (Wildman–Crippen MR) is 119 cm³/mol. The van der Waals surface area contributed by atoms with Gasteiger partial charge in [-0.3, -0.25) is 4.31 Å². The number of halogens is 1. The second-order valence-corrected chi connectivity index (χ2v) is 10.4. The third-order valence-corrected chi connectivity index (χ3v) is 5.66. The summed E-state index contributed by atoms with van der Waals surface area (Å²) in [6, 6.07) is 13.3. The fourth-order valence-electron chi connectivity index (χ4n) is 1.89. The van der Waals surface area contributed by atoms with Crippen molar-refractivity contribution in [2.75, 3.05) is 30.9 Å². The van der Waals surface area contributed by atoms with E-state index in [1.165, 1.54) is 26.2 Å². The molecule has 2 aromatic carbocycles. The van der Waals surface area contributed by atoms with Gasteiger partial charge in [0.25, 0.3) is 0 Å². The zero-order chi connectivity index (χ0) is 24.4. The summed E-state index contributed by atoms with van der Waals surface area (Å²) >= 11 is 0. The Labute approximate surface area is 183 Å². The number of sulfonamides is 2. The summed E-state index contributed by atoms with van der Waals surface area (Å²) in [5, 5.41) is 17.2. The van der Waals surface area contributed by atoms with E-state index in [4.69, 9.17) is 10.5 Å². The van der Waals surface area contributed by atoms with Crippen molar-refractivity contribution in [3.63, 3.8) is 0 Å². The number of rotatable bonds is 3. The fourth-order valence-corrected chi connectivity index (χ4v) is 2.39. The van der Waals surface area contributed by atoms with Gasteiger partial charge in [-0.05, 0) is 56.3 Å². The Morgan fingerprint density at radius 2 is 1.32 bits per heavy atom. The lowest BCUT2D eigenvalue weighted by atomic mass is 10.1. The average molecular weight is 469 g/mol. The third kappa shape index (κ3) is 10.6. The maximum absolute atomic E-state index is 12.6. The molecule has 2 rings (SSSR count). The molecule has 0 spiro atoms. The Kier molecular flexibility index (Phi) is 10.8. The summed E-state index contributed by atoms with van der Waals surface area (Å²) in [7, 11) is -3.43. The zero-order valence-corrected chi connectivity index (χ0v) is 19.8. The largest absolute Gasteiger partial charge is 0.272 e. The Hall–Kier alpha value is -2.99. The van der Waals surface area contributed by atoms with Crippen LogP contribution in [0.15, 0.2) is 36.4 Å². The van der Waals surface area contributed by atoms with Crippen molar-refractivity contribution in [1.82, 2.24) is 4.72 Å². The van der Waals surface area contributed by atoms with Crippen molar-refractivity contribution in [2.45, 2.75) is 13.8 Å². The maximum Gasteiger partial charge on any atom is 0.232 e. The SMILES string of the molecule is CNS(C)(=O)=O.Cc1ccc(C#N)c(F)c1.Cc1ccc(C#N)c(N(C)S(C)(=O)=O)c1.